The summed E-state index contributed by atoms with van der Waals surface area (Å²) < 4.78 is 0. The minimum Gasteiger partial charge on any atom is -0.361 e. The van der Waals surface area contributed by atoms with E-state index in [9.17, 15) is 4.79 Å². The van der Waals surface area contributed by atoms with E-state index in [0.29, 0.717) is 0 Å². The van der Waals surface area contributed by atoms with E-state index in [1.807, 2.05) is 4.90 Å². The lowest BCUT2D eigenvalue weighted by Crippen LogP contribution is -2.50. The smallest absolute Gasteiger partial charge is 0.321 e. The lowest BCUT2D eigenvalue weighted by atomic mass is 10.1. The van der Waals surface area contributed by atoms with Gasteiger partial charge in [-0.2, -0.15) is 0 Å². The first-order chi connectivity index (χ1) is 14.0. The Labute approximate surface area is 172 Å². The number of aromatic nitrogens is 1. The summed E-state index contributed by atoms with van der Waals surface area (Å²) in [6.07, 6.45) is 3.15. The molecule has 152 valence electrons. The molecule has 0 unspecified atom stereocenters. The summed E-state index contributed by atoms with van der Waals surface area (Å²) in [6, 6.07) is 12.7. The molecular formula is C24H30N4O. The molecule has 29 heavy (non-hydrogen) atoms. The third-order valence-electron chi connectivity index (χ3n) is 5.94. The van der Waals surface area contributed by atoms with Crippen LogP contribution in [0.2, 0.25) is 0 Å². The van der Waals surface area contributed by atoms with Gasteiger partial charge in [-0.15, -0.1) is 0 Å². The van der Waals surface area contributed by atoms with Gasteiger partial charge in [0, 0.05) is 55.5 Å². The molecule has 1 saturated heterocycles. The molecule has 5 nitrogen and oxygen atoms in total. The van der Waals surface area contributed by atoms with E-state index >= 15 is 0 Å². The molecule has 5 heteroatoms. The second-order valence-electron chi connectivity index (χ2n) is 8.14. The number of carbonyl (C=O) groups is 1. The number of hydrogen-bond donors (Lipinski definition) is 2. The number of carbonyl (C=O) groups excluding carboxylic acids is 1. The molecule has 0 saturated carbocycles. The fourth-order valence-corrected chi connectivity index (χ4v) is 4.35. The van der Waals surface area contributed by atoms with Gasteiger partial charge in [0.1, 0.15) is 0 Å². The van der Waals surface area contributed by atoms with Gasteiger partial charge in [-0.3, -0.25) is 4.90 Å². The molecule has 2 heterocycles. The minimum atomic E-state index is 0.0105. The van der Waals surface area contributed by atoms with Gasteiger partial charge in [-0.25, -0.2) is 4.79 Å². The van der Waals surface area contributed by atoms with E-state index in [1.54, 1.807) is 0 Å². The number of H-pyrrole nitrogens is 1. The average molecular weight is 391 g/mol. The van der Waals surface area contributed by atoms with Crippen molar-refractivity contribution in [3.63, 3.8) is 0 Å². The van der Waals surface area contributed by atoms with Crippen LogP contribution in [0.25, 0.3) is 10.9 Å². The Morgan fingerprint density at radius 1 is 1.03 bits per heavy atom. The minimum absolute atomic E-state index is 0.0105. The zero-order valence-electron chi connectivity index (χ0n) is 17.6. The molecule has 0 spiro atoms. The Balaban J connectivity index is 1.29. The predicted molar refractivity (Wildman–Crippen MR) is 120 cm³/mol. The fourth-order valence-electron chi connectivity index (χ4n) is 4.35. The molecular weight excluding hydrogens is 360 g/mol. The van der Waals surface area contributed by atoms with E-state index in [4.69, 9.17) is 0 Å². The molecule has 1 aliphatic rings. The topological polar surface area (TPSA) is 51.4 Å². The first-order valence-corrected chi connectivity index (χ1v) is 10.4. The van der Waals surface area contributed by atoms with Crippen molar-refractivity contribution in [1.82, 2.24) is 14.8 Å². The summed E-state index contributed by atoms with van der Waals surface area (Å²) in [7, 11) is 0. The van der Waals surface area contributed by atoms with Crippen molar-refractivity contribution in [2.45, 2.75) is 27.2 Å². The number of hydrogen-bond acceptors (Lipinski definition) is 2. The Kier molecular flexibility index (Phi) is 5.58. The van der Waals surface area contributed by atoms with Crippen molar-refractivity contribution in [3.8, 4) is 0 Å². The SMILES string of the molecule is Cc1cc(C)c(NC(=O)N2CCN(CCc3c[nH]c4ccccc34)CC2)c(C)c1. The molecule has 0 bridgehead atoms. The number of fused-ring (bicyclic) bond motifs is 1. The van der Waals surface area contributed by atoms with E-state index in [1.165, 1.54) is 22.0 Å². The van der Waals surface area contributed by atoms with Crippen LogP contribution in [-0.2, 0) is 6.42 Å². The van der Waals surface area contributed by atoms with E-state index in [0.717, 1.165) is 56.0 Å². The van der Waals surface area contributed by atoms with Crippen LogP contribution in [-0.4, -0.2) is 53.5 Å². The lowest BCUT2D eigenvalue weighted by molar-refractivity contribution is 0.148. The quantitative estimate of drug-likeness (QED) is 0.690. The van der Waals surface area contributed by atoms with Gasteiger partial charge in [-0.05, 0) is 49.9 Å². The Morgan fingerprint density at radius 2 is 1.72 bits per heavy atom. The molecule has 1 fully saturated rings. The van der Waals surface area contributed by atoms with Crippen LogP contribution in [0.4, 0.5) is 10.5 Å². The van der Waals surface area contributed by atoms with Crippen LogP contribution >= 0.6 is 0 Å². The molecule has 0 radical (unpaired) electrons. The van der Waals surface area contributed by atoms with Crippen LogP contribution in [0.5, 0.6) is 0 Å². The van der Waals surface area contributed by atoms with Crippen LogP contribution in [0.1, 0.15) is 22.3 Å². The highest BCUT2D eigenvalue weighted by Gasteiger charge is 2.22. The molecule has 0 aliphatic carbocycles. The summed E-state index contributed by atoms with van der Waals surface area (Å²) in [6.45, 7) is 10.6. The van der Waals surface area contributed by atoms with Gasteiger partial charge in [0.2, 0.25) is 0 Å². The number of nitrogens with zero attached hydrogens (tertiary/aromatic N) is 2. The highest BCUT2D eigenvalue weighted by atomic mass is 16.2. The van der Waals surface area contributed by atoms with Crippen LogP contribution in [0.3, 0.4) is 0 Å². The van der Waals surface area contributed by atoms with Gasteiger partial charge in [-0.1, -0.05) is 35.9 Å². The van der Waals surface area contributed by atoms with Crippen molar-refractivity contribution >= 4 is 22.6 Å². The summed E-state index contributed by atoms with van der Waals surface area (Å²) in [5.41, 5.74) is 6.97. The lowest BCUT2D eigenvalue weighted by Gasteiger charge is -2.35. The zero-order valence-corrected chi connectivity index (χ0v) is 17.6. The summed E-state index contributed by atoms with van der Waals surface area (Å²) in [4.78, 5) is 20.5. The second-order valence-corrected chi connectivity index (χ2v) is 8.14. The van der Waals surface area contributed by atoms with Gasteiger partial charge in [0.15, 0.2) is 0 Å². The average Bonchev–Trinajstić information content (AvgIpc) is 3.12. The van der Waals surface area contributed by atoms with E-state index < -0.39 is 0 Å². The summed E-state index contributed by atoms with van der Waals surface area (Å²) >= 11 is 0. The van der Waals surface area contributed by atoms with Crippen molar-refractivity contribution in [2.75, 3.05) is 38.0 Å². The predicted octanol–water partition coefficient (Wildman–Crippen LogP) is 4.49. The second kappa shape index (κ2) is 8.29. The number of rotatable bonds is 4. The molecule has 4 rings (SSSR count). The van der Waals surface area contributed by atoms with Crippen molar-refractivity contribution in [3.05, 3.63) is 64.8 Å². The zero-order chi connectivity index (χ0) is 20.4. The van der Waals surface area contributed by atoms with Gasteiger partial charge < -0.3 is 15.2 Å². The maximum absolute atomic E-state index is 12.7. The van der Waals surface area contributed by atoms with Crippen LogP contribution in [0.15, 0.2) is 42.6 Å². The maximum atomic E-state index is 12.7. The normalized spacial score (nSPS) is 15.1. The highest BCUT2D eigenvalue weighted by Crippen LogP contribution is 2.23. The third-order valence-corrected chi connectivity index (χ3v) is 5.94. The standard InChI is InChI=1S/C24H30N4O/c1-17-14-18(2)23(19(3)15-17)26-24(29)28-12-10-27(11-13-28)9-8-20-16-25-22-7-5-4-6-21(20)22/h4-7,14-16,25H,8-13H2,1-3H3,(H,26,29). The number of aryl methyl sites for hydroxylation is 3. The number of benzene rings is 2. The highest BCUT2D eigenvalue weighted by molar-refractivity contribution is 5.91. The van der Waals surface area contributed by atoms with E-state index in [-0.39, 0.29) is 6.03 Å². The van der Waals surface area contributed by atoms with Gasteiger partial charge >= 0.3 is 6.03 Å². The maximum Gasteiger partial charge on any atom is 0.321 e. The number of anilines is 1. The molecule has 0 atom stereocenters. The number of piperazine rings is 1. The molecule has 3 aromatic rings. The van der Waals surface area contributed by atoms with Crippen LogP contribution in [0, 0.1) is 20.8 Å². The first kappa shape index (κ1) is 19.5. The molecule has 2 aromatic carbocycles. The van der Waals surface area contributed by atoms with Crippen LogP contribution < -0.4 is 5.32 Å². The van der Waals surface area contributed by atoms with Gasteiger partial charge in [0.05, 0.1) is 0 Å². The monoisotopic (exact) mass is 390 g/mol. The number of urea groups is 1. The molecule has 1 aliphatic heterocycles. The Morgan fingerprint density at radius 3 is 2.45 bits per heavy atom. The van der Waals surface area contributed by atoms with Crippen molar-refractivity contribution in [1.29, 1.82) is 0 Å². The Bertz CT molecular complexity index is 992. The number of nitrogens with one attached hydrogen (secondary N) is 2. The number of para-hydroxylation sites is 1. The first-order valence-electron chi connectivity index (χ1n) is 10.4. The molecule has 1 aromatic heterocycles. The largest absolute Gasteiger partial charge is 0.361 e. The number of amides is 2. The summed E-state index contributed by atoms with van der Waals surface area (Å²) in [5, 5.41) is 4.44. The van der Waals surface area contributed by atoms with Gasteiger partial charge in [0.25, 0.3) is 0 Å². The van der Waals surface area contributed by atoms with Crippen molar-refractivity contribution in [2.24, 2.45) is 0 Å². The van der Waals surface area contributed by atoms with E-state index in [2.05, 4.69) is 78.6 Å². The molecule has 2 amide bonds. The Hall–Kier alpha value is -2.79. The number of aromatic amines is 1. The molecule has 2 N–H and O–H groups in total. The fraction of sp³-hybridized carbons (Fsp3) is 0.375. The third kappa shape index (κ3) is 4.30. The van der Waals surface area contributed by atoms with Crippen molar-refractivity contribution < 1.29 is 4.79 Å². The summed E-state index contributed by atoms with van der Waals surface area (Å²) in [5.74, 6) is 0.